The molecule has 0 aliphatic heterocycles. The summed E-state index contributed by atoms with van der Waals surface area (Å²) >= 11 is 0. The summed E-state index contributed by atoms with van der Waals surface area (Å²) in [7, 11) is 0. The molecule has 0 atom stereocenters. The van der Waals surface area contributed by atoms with Crippen LogP contribution in [0.4, 0.5) is 5.69 Å². The zero-order valence-electron chi connectivity index (χ0n) is 11.1. The lowest BCUT2D eigenvalue weighted by Gasteiger charge is -2.07. The van der Waals surface area contributed by atoms with Crippen LogP contribution in [-0.2, 0) is 4.79 Å². The average molecular weight is 266 g/mol. The summed E-state index contributed by atoms with van der Waals surface area (Å²) in [6.45, 7) is 1.81. The number of rotatable bonds is 2. The van der Waals surface area contributed by atoms with Crippen molar-refractivity contribution in [3.63, 3.8) is 0 Å². The summed E-state index contributed by atoms with van der Waals surface area (Å²) in [6.07, 6.45) is 0.435. The molecule has 4 heteroatoms. The molecular formula is C16H14N2O2. The van der Waals surface area contributed by atoms with E-state index >= 15 is 0 Å². The van der Waals surface area contributed by atoms with E-state index in [1.807, 2.05) is 37.3 Å². The highest BCUT2D eigenvalue weighted by Gasteiger charge is 2.06. The van der Waals surface area contributed by atoms with Crippen LogP contribution in [0.15, 0.2) is 47.3 Å². The Morgan fingerprint density at radius 1 is 1.10 bits per heavy atom. The molecule has 3 aromatic rings. The lowest BCUT2D eigenvalue weighted by molar-refractivity contribution is -0.115. The molecule has 0 spiro atoms. The number of carbonyl (C=O) groups excluding carboxylic acids is 1. The maximum Gasteiger partial charge on any atom is 0.256 e. The molecule has 2 aromatic carbocycles. The average Bonchev–Trinajstić information content (AvgIpc) is 2.48. The summed E-state index contributed by atoms with van der Waals surface area (Å²) < 4.78 is 0. The molecule has 4 nitrogen and oxygen atoms in total. The molecule has 0 fully saturated rings. The zero-order valence-corrected chi connectivity index (χ0v) is 11.1. The van der Waals surface area contributed by atoms with Crippen LogP contribution in [0.5, 0.6) is 0 Å². The molecule has 2 N–H and O–H groups in total. The summed E-state index contributed by atoms with van der Waals surface area (Å²) in [5, 5.41) is 5.30. The second-order valence-corrected chi connectivity index (χ2v) is 4.66. The lowest BCUT2D eigenvalue weighted by atomic mass is 10.1. The largest absolute Gasteiger partial charge is 0.326 e. The standard InChI is InChI=1S/C16H14N2O2/c1-2-15(19)17-10-7-8-14-13(9-10)11-5-3-4-6-12(11)16(20)18-14/h3-9H,2H2,1H3,(H,17,19)(H,18,20). The summed E-state index contributed by atoms with van der Waals surface area (Å²) in [5.41, 5.74) is 1.41. The molecule has 0 saturated heterocycles. The van der Waals surface area contributed by atoms with Gasteiger partial charge in [0, 0.05) is 28.4 Å². The van der Waals surface area contributed by atoms with Crippen molar-refractivity contribution in [3.05, 3.63) is 52.8 Å². The monoisotopic (exact) mass is 266 g/mol. The predicted molar refractivity (Wildman–Crippen MR) is 81.0 cm³/mol. The van der Waals surface area contributed by atoms with E-state index in [9.17, 15) is 9.59 Å². The van der Waals surface area contributed by atoms with Crippen molar-refractivity contribution in [2.45, 2.75) is 13.3 Å². The van der Waals surface area contributed by atoms with Gasteiger partial charge in [0.05, 0.1) is 0 Å². The van der Waals surface area contributed by atoms with E-state index in [4.69, 9.17) is 0 Å². The first kappa shape index (κ1) is 12.4. The maximum absolute atomic E-state index is 12.0. The number of hydrogen-bond donors (Lipinski definition) is 2. The van der Waals surface area contributed by atoms with Crippen LogP contribution < -0.4 is 10.9 Å². The van der Waals surface area contributed by atoms with E-state index in [0.29, 0.717) is 11.8 Å². The number of aromatic nitrogens is 1. The highest BCUT2D eigenvalue weighted by molar-refractivity contribution is 6.07. The minimum atomic E-state index is -0.0987. The first-order valence-electron chi connectivity index (χ1n) is 6.53. The molecule has 3 rings (SSSR count). The predicted octanol–water partition coefficient (Wildman–Crippen LogP) is 3.03. The number of benzene rings is 2. The van der Waals surface area contributed by atoms with Crippen molar-refractivity contribution in [2.24, 2.45) is 0 Å². The van der Waals surface area contributed by atoms with E-state index in [2.05, 4.69) is 10.3 Å². The van der Waals surface area contributed by atoms with Crippen molar-refractivity contribution in [1.82, 2.24) is 4.98 Å². The van der Waals surface area contributed by atoms with Gasteiger partial charge in [-0.05, 0) is 29.7 Å². The summed E-state index contributed by atoms with van der Waals surface area (Å²) in [5.74, 6) is -0.0296. The Balaban J connectivity index is 2.27. The smallest absolute Gasteiger partial charge is 0.256 e. The molecule has 0 aliphatic rings. The van der Waals surface area contributed by atoms with Crippen LogP contribution in [-0.4, -0.2) is 10.9 Å². The summed E-state index contributed by atoms with van der Waals surface area (Å²) in [6, 6.07) is 12.9. The number of nitrogens with one attached hydrogen (secondary N) is 2. The van der Waals surface area contributed by atoms with E-state index in [0.717, 1.165) is 22.0 Å². The van der Waals surface area contributed by atoms with Gasteiger partial charge in [-0.15, -0.1) is 0 Å². The number of anilines is 1. The van der Waals surface area contributed by atoms with Crippen molar-refractivity contribution >= 4 is 33.3 Å². The molecule has 0 aliphatic carbocycles. The third kappa shape index (κ3) is 2.05. The minimum Gasteiger partial charge on any atom is -0.326 e. The Labute approximate surface area is 115 Å². The van der Waals surface area contributed by atoms with E-state index in [1.165, 1.54) is 0 Å². The van der Waals surface area contributed by atoms with Gasteiger partial charge in [-0.2, -0.15) is 0 Å². The first-order valence-corrected chi connectivity index (χ1v) is 6.53. The van der Waals surface area contributed by atoms with E-state index < -0.39 is 0 Å². The quantitative estimate of drug-likeness (QED) is 0.700. The Hall–Kier alpha value is -2.62. The lowest BCUT2D eigenvalue weighted by Crippen LogP contribution is -2.10. The van der Waals surface area contributed by atoms with Gasteiger partial charge >= 0.3 is 0 Å². The second-order valence-electron chi connectivity index (χ2n) is 4.66. The van der Waals surface area contributed by atoms with Crippen molar-refractivity contribution in [1.29, 1.82) is 0 Å². The van der Waals surface area contributed by atoms with Gasteiger partial charge in [-0.3, -0.25) is 9.59 Å². The van der Waals surface area contributed by atoms with Gasteiger partial charge in [-0.25, -0.2) is 0 Å². The fourth-order valence-corrected chi connectivity index (χ4v) is 2.31. The molecule has 1 heterocycles. The van der Waals surface area contributed by atoms with Crippen molar-refractivity contribution < 1.29 is 4.79 Å². The number of fused-ring (bicyclic) bond motifs is 3. The molecule has 1 aromatic heterocycles. The van der Waals surface area contributed by atoms with Crippen molar-refractivity contribution in [3.8, 4) is 0 Å². The fraction of sp³-hybridized carbons (Fsp3) is 0.125. The SMILES string of the molecule is CCC(=O)Nc1ccc2[nH]c(=O)c3ccccc3c2c1. The van der Waals surface area contributed by atoms with E-state index in [1.54, 1.807) is 12.1 Å². The number of H-pyrrole nitrogens is 1. The third-order valence-electron chi connectivity index (χ3n) is 3.33. The van der Waals surface area contributed by atoms with Gasteiger partial charge in [-0.1, -0.05) is 25.1 Å². The molecule has 0 unspecified atom stereocenters. The van der Waals surface area contributed by atoms with Gasteiger partial charge in [0.1, 0.15) is 0 Å². The van der Waals surface area contributed by atoms with Crippen LogP contribution in [0, 0.1) is 0 Å². The van der Waals surface area contributed by atoms with E-state index in [-0.39, 0.29) is 11.5 Å². The Kier molecular flexibility index (Phi) is 2.99. The number of carbonyl (C=O) groups is 1. The van der Waals surface area contributed by atoms with Crippen LogP contribution >= 0.6 is 0 Å². The molecule has 100 valence electrons. The maximum atomic E-state index is 12.0. The van der Waals surface area contributed by atoms with Gasteiger partial charge in [0.25, 0.3) is 5.56 Å². The Morgan fingerprint density at radius 2 is 1.85 bits per heavy atom. The van der Waals surface area contributed by atoms with Crippen LogP contribution in [0.2, 0.25) is 0 Å². The van der Waals surface area contributed by atoms with Crippen LogP contribution in [0.1, 0.15) is 13.3 Å². The number of pyridine rings is 1. The molecule has 1 amide bonds. The molecule has 20 heavy (non-hydrogen) atoms. The van der Waals surface area contributed by atoms with Crippen LogP contribution in [0.25, 0.3) is 21.7 Å². The topological polar surface area (TPSA) is 62.0 Å². The molecule has 0 radical (unpaired) electrons. The molecular weight excluding hydrogens is 252 g/mol. The minimum absolute atomic E-state index is 0.0296. The Bertz CT molecular complexity index is 865. The van der Waals surface area contributed by atoms with Crippen molar-refractivity contribution in [2.75, 3.05) is 5.32 Å². The number of aromatic amines is 1. The fourth-order valence-electron chi connectivity index (χ4n) is 2.31. The van der Waals surface area contributed by atoms with Gasteiger partial charge in [0.15, 0.2) is 0 Å². The second kappa shape index (κ2) is 4.81. The Morgan fingerprint density at radius 3 is 2.60 bits per heavy atom. The first-order chi connectivity index (χ1) is 9.69. The summed E-state index contributed by atoms with van der Waals surface area (Å²) in [4.78, 5) is 26.3. The molecule has 0 bridgehead atoms. The molecule has 0 saturated carbocycles. The normalized spacial score (nSPS) is 10.8. The zero-order chi connectivity index (χ0) is 14.1. The highest BCUT2D eigenvalue weighted by Crippen LogP contribution is 2.24. The van der Waals surface area contributed by atoms with Gasteiger partial charge < -0.3 is 10.3 Å². The highest BCUT2D eigenvalue weighted by atomic mass is 16.1. The van der Waals surface area contributed by atoms with Gasteiger partial charge in [0.2, 0.25) is 5.91 Å². The number of amides is 1. The third-order valence-corrected chi connectivity index (χ3v) is 3.33. The van der Waals surface area contributed by atoms with Crippen LogP contribution in [0.3, 0.4) is 0 Å². The number of hydrogen-bond acceptors (Lipinski definition) is 2.